The Hall–Kier alpha value is -3.38. The normalized spacial score (nSPS) is 11.5. The Morgan fingerprint density at radius 2 is 1.84 bits per heavy atom. The maximum Gasteiger partial charge on any atom is 0.301 e. The van der Waals surface area contributed by atoms with Crippen molar-refractivity contribution in [2.75, 3.05) is 0 Å². The zero-order chi connectivity index (χ0) is 22.2. The Labute approximate surface area is 185 Å². The molecule has 31 heavy (non-hydrogen) atoms. The Balaban J connectivity index is 1.59. The molecule has 2 heterocycles. The number of aromatic nitrogens is 3. The molecule has 0 saturated carbocycles. The van der Waals surface area contributed by atoms with Crippen molar-refractivity contribution in [2.45, 2.75) is 33.2 Å². The average molecular weight is 435 g/mol. The lowest BCUT2D eigenvalue weighted by molar-refractivity contribution is -0.120. The molecule has 0 bridgehead atoms. The summed E-state index contributed by atoms with van der Waals surface area (Å²) in [6.45, 7) is 7.43. The van der Waals surface area contributed by atoms with E-state index in [2.05, 4.69) is 20.3 Å². The van der Waals surface area contributed by atoms with Crippen LogP contribution in [0.3, 0.4) is 0 Å². The molecule has 0 saturated heterocycles. The number of hydrogen-bond donors (Lipinski definition) is 2. The van der Waals surface area contributed by atoms with Crippen molar-refractivity contribution in [1.82, 2.24) is 20.3 Å². The molecule has 0 fully saturated rings. The van der Waals surface area contributed by atoms with Gasteiger partial charge in [0.1, 0.15) is 5.75 Å². The van der Waals surface area contributed by atoms with E-state index in [1.807, 2.05) is 69.3 Å². The van der Waals surface area contributed by atoms with Crippen molar-refractivity contribution in [1.29, 1.82) is 0 Å². The third-order valence-electron chi connectivity index (χ3n) is 4.98. The third-order valence-corrected chi connectivity index (χ3v) is 5.26. The van der Waals surface area contributed by atoms with Crippen LogP contribution in [0, 0.1) is 6.92 Å². The van der Waals surface area contributed by atoms with Crippen molar-refractivity contribution in [2.24, 2.45) is 0 Å². The van der Waals surface area contributed by atoms with E-state index in [-0.39, 0.29) is 5.91 Å². The van der Waals surface area contributed by atoms with E-state index in [9.17, 15) is 4.79 Å². The summed E-state index contributed by atoms with van der Waals surface area (Å²) in [5.41, 5.74) is 4.47. The number of halogens is 1. The minimum atomic E-state index is -0.476. The maximum atomic E-state index is 11.4. The molecular formula is C24H23ClN4O2. The zero-order valence-electron chi connectivity index (χ0n) is 17.8. The van der Waals surface area contributed by atoms with Gasteiger partial charge in [0.25, 0.3) is 0 Å². The van der Waals surface area contributed by atoms with Gasteiger partial charge in [-0.05, 0) is 50.6 Å². The molecule has 0 atom stereocenters. The number of benzene rings is 2. The summed E-state index contributed by atoms with van der Waals surface area (Å²) in [4.78, 5) is 23.6. The second kappa shape index (κ2) is 8.04. The fourth-order valence-electron chi connectivity index (χ4n) is 3.50. The SMILES string of the molecule is CC(=O)NC(C)(C)c1ccc(Oc2nc3nc(-c4cccc(C)c4)c(Cl)cc3[nH]2)cc1. The largest absolute Gasteiger partial charge is 0.426 e. The minimum Gasteiger partial charge on any atom is -0.426 e. The molecule has 4 rings (SSSR count). The number of carbonyl (C=O) groups is 1. The standard InChI is InChI=1S/C24H23ClN4O2/c1-14-6-5-7-16(12-14)21-19(25)13-20-22(27-21)28-23(26-20)31-18-10-8-17(9-11-18)24(3,4)29-15(2)30/h5-13H,1-4H3,(H,29,30)(H,26,27,28). The van der Waals surface area contributed by atoms with E-state index < -0.39 is 5.54 Å². The van der Waals surface area contributed by atoms with Crippen LogP contribution in [0.25, 0.3) is 22.4 Å². The summed E-state index contributed by atoms with van der Waals surface area (Å²) in [5, 5.41) is 3.47. The smallest absolute Gasteiger partial charge is 0.301 e. The third kappa shape index (κ3) is 4.54. The highest BCUT2D eigenvalue weighted by atomic mass is 35.5. The summed E-state index contributed by atoms with van der Waals surface area (Å²) < 4.78 is 5.88. The first-order valence-corrected chi connectivity index (χ1v) is 10.3. The maximum absolute atomic E-state index is 11.4. The molecule has 0 radical (unpaired) electrons. The summed E-state index contributed by atoms with van der Waals surface area (Å²) >= 11 is 6.47. The first-order valence-electron chi connectivity index (χ1n) is 9.92. The predicted molar refractivity (Wildman–Crippen MR) is 122 cm³/mol. The van der Waals surface area contributed by atoms with Crippen LogP contribution < -0.4 is 10.1 Å². The van der Waals surface area contributed by atoms with Gasteiger partial charge in [0.2, 0.25) is 5.91 Å². The Kier molecular flexibility index (Phi) is 5.41. The number of amides is 1. The highest BCUT2D eigenvalue weighted by molar-refractivity contribution is 6.33. The second-order valence-corrected chi connectivity index (χ2v) is 8.44. The lowest BCUT2D eigenvalue weighted by Crippen LogP contribution is -2.39. The molecule has 0 aliphatic rings. The minimum absolute atomic E-state index is 0.0798. The summed E-state index contributed by atoms with van der Waals surface area (Å²) in [7, 11) is 0. The Bertz CT molecular complexity index is 1260. The van der Waals surface area contributed by atoms with E-state index in [1.54, 1.807) is 6.07 Å². The van der Waals surface area contributed by atoms with Crippen LogP contribution in [0.1, 0.15) is 31.9 Å². The Morgan fingerprint density at radius 3 is 2.52 bits per heavy atom. The van der Waals surface area contributed by atoms with E-state index in [1.165, 1.54) is 6.92 Å². The summed E-state index contributed by atoms with van der Waals surface area (Å²) in [6.07, 6.45) is 0. The molecule has 158 valence electrons. The average Bonchev–Trinajstić information content (AvgIpc) is 3.07. The molecule has 0 aliphatic carbocycles. The predicted octanol–water partition coefficient (Wildman–Crippen LogP) is 5.75. The number of nitrogens with zero attached hydrogens (tertiary/aromatic N) is 2. The monoisotopic (exact) mass is 434 g/mol. The second-order valence-electron chi connectivity index (χ2n) is 8.03. The van der Waals surface area contributed by atoms with Gasteiger partial charge in [-0.25, -0.2) is 4.98 Å². The van der Waals surface area contributed by atoms with Gasteiger partial charge in [-0.2, -0.15) is 4.98 Å². The molecule has 2 aromatic heterocycles. The van der Waals surface area contributed by atoms with Crippen LogP contribution in [-0.2, 0) is 10.3 Å². The van der Waals surface area contributed by atoms with Gasteiger partial charge in [-0.1, -0.05) is 47.5 Å². The molecule has 0 spiro atoms. The molecule has 0 aliphatic heterocycles. The molecular weight excluding hydrogens is 412 g/mol. The number of nitrogens with one attached hydrogen (secondary N) is 2. The molecule has 2 N–H and O–H groups in total. The number of carbonyl (C=O) groups excluding carboxylic acids is 1. The fraction of sp³-hybridized carbons (Fsp3) is 0.208. The lowest BCUT2D eigenvalue weighted by atomic mass is 9.94. The van der Waals surface area contributed by atoms with Crippen molar-refractivity contribution < 1.29 is 9.53 Å². The van der Waals surface area contributed by atoms with E-state index in [0.29, 0.717) is 33.6 Å². The first-order chi connectivity index (χ1) is 14.7. The number of H-pyrrole nitrogens is 1. The van der Waals surface area contributed by atoms with Crippen molar-refractivity contribution in [3.8, 4) is 23.0 Å². The fourth-order valence-corrected chi connectivity index (χ4v) is 3.76. The van der Waals surface area contributed by atoms with Crippen LogP contribution in [0.4, 0.5) is 0 Å². The molecule has 7 heteroatoms. The van der Waals surface area contributed by atoms with Crippen LogP contribution in [0.2, 0.25) is 5.02 Å². The van der Waals surface area contributed by atoms with E-state index >= 15 is 0 Å². The van der Waals surface area contributed by atoms with Crippen molar-refractivity contribution >= 4 is 28.7 Å². The van der Waals surface area contributed by atoms with Gasteiger partial charge in [0.05, 0.1) is 21.8 Å². The summed E-state index contributed by atoms with van der Waals surface area (Å²) in [5.74, 6) is 0.537. The number of ether oxygens (including phenoxy) is 1. The Morgan fingerprint density at radius 1 is 1.10 bits per heavy atom. The van der Waals surface area contributed by atoms with Crippen LogP contribution in [0.5, 0.6) is 11.8 Å². The molecule has 4 aromatic rings. The highest BCUT2D eigenvalue weighted by Crippen LogP contribution is 2.31. The number of hydrogen-bond acceptors (Lipinski definition) is 4. The number of aromatic amines is 1. The molecule has 6 nitrogen and oxygen atoms in total. The molecule has 2 aromatic carbocycles. The zero-order valence-corrected chi connectivity index (χ0v) is 18.5. The van der Waals surface area contributed by atoms with Crippen molar-refractivity contribution in [3.63, 3.8) is 0 Å². The van der Waals surface area contributed by atoms with Gasteiger partial charge >= 0.3 is 6.01 Å². The van der Waals surface area contributed by atoms with Gasteiger partial charge in [-0.3, -0.25) is 4.79 Å². The number of imidazole rings is 1. The van der Waals surface area contributed by atoms with Gasteiger partial charge in [0, 0.05) is 12.5 Å². The van der Waals surface area contributed by atoms with Gasteiger partial charge in [0.15, 0.2) is 5.65 Å². The van der Waals surface area contributed by atoms with Crippen LogP contribution in [-0.4, -0.2) is 20.9 Å². The van der Waals surface area contributed by atoms with Crippen molar-refractivity contribution in [3.05, 3.63) is 70.7 Å². The van der Waals surface area contributed by atoms with E-state index in [4.69, 9.17) is 16.3 Å². The van der Waals surface area contributed by atoms with Gasteiger partial charge < -0.3 is 15.0 Å². The lowest BCUT2D eigenvalue weighted by Gasteiger charge is -2.26. The van der Waals surface area contributed by atoms with Crippen LogP contribution in [0.15, 0.2) is 54.6 Å². The summed E-state index contributed by atoms with van der Waals surface area (Å²) in [6, 6.07) is 17.7. The quantitative estimate of drug-likeness (QED) is 0.419. The van der Waals surface area contributed by atoms with Gasteiger partial charge in [-0.15, -0.1) is 0 Å². The first kappa shape index (κ1) is 20.9. The number of fused-ring (bicyclic) bond motifs is 1. The topological polar surface area (TPSA) is 79.9 Å². The number of rotatable bonds is 5. The molecule has 1 amide bonds. The van der Waals surface area contributed by atoms with E-state index in [0.717, 1.165) is 16.7 Å². The highest BCUT2D eigenvalue weighted by Gasteiger charge is 2.21. The number of aryl methyl sites for hydroxylation is 1. The van der Waals surface area contributed by atoms with Crippen LogP contribution >= 0.6 is 11.6 Å². The number of pyridine rings is 1. The molecule has 0 unspecified atom stereocenters.